The summed E-state index contributed by atoms with van der Waals surface area (Å²) < 4.78 is 54.5. The van der Waals surface area contributed by atoms with Crippen LogP contribution in [0.1, 0.15) is 67.9 Å². The molecule has 52 heavy (non-hydrogen) atoms. The standard InChI is InChI=1S/C39H42F3N7O3/c1-3-28-31(41)9-8-25-17-27(50)18-29(32(25)28)34-33(42)35-30(20-43-34)36(45-38(44-35)52-22-39-12-6-14-48(39)21-26(40)19-39)47-13-5-4-7-24(11-15-47)37(51)49-16-10-23(2)46-49/h8-10,16-18,20,24,26,50H,3-7,11-15,19,21-22H2,1-2H3/t24?,26-,39+/m1/s1. The van der Waals surface area contributed by atoms with Gasteiger partial charge in [0, 0.05) is 49.9 Å². The third-order valence-electron chi connectivity index (χ3n) is 11.2. The fraction of sp³-hybridized carbons (Fsp3) is 0.462. The van der Waals surface area contributed by atoms with E-state index in [2.05, 4.69) is 20.0 Å². The van der Waals surface area contributed by atoms with Crippen molar-refractivity contribution in [1.29, 1.82) is 0 Å². The highest BCUT2D eigenvalue weighted by Gasteiger charge is 2.49. The number of nitrogens with zero attached hydrogens (tertiary/aromatic N) is 7. The zero-order valence-corrected chi connectivity index (χ0v) is 29.4. The molecule has 10 nitrogen and oxygen atoms in total. The molecular weight excluding hydrogens is 671 g/mol. The van der Waals surface area contributed by atoms with Crippen LogP contribution in [0.25, 0.3) is 32.9 Å². The lowest BCUT2D eigenvalue weighted by atomic mass is 9.94. The van der Waals surface area contributed by atoms with E-state index in [-0.39, 0.29) is 47.0 Å². The van der Waals surface area contributed by atoms with Crippen LogP contribution in [0.5, 0.6) is 11.8 Å². The molecule has 0 saturated carbocycles. The Hall–Kier alpha value is -4.78. The molecule has 272 valence electrons. The number of halogens is 3. The van der Waals surface area contributed by atoms with Crippen LogP contribution in [0.15, 0.2) is 42.7 Å². The predicted molar refractivity (Wildman–Crippen MR) is 192 cm³/mol. The van der Waals surface area contributed by atoms with Crippen LogP contribution in [-0.2, 0) is 6.42 Å². The minimum absolute atomic E-state index is 0.0341. The Bertz CT molecular complexity index is 2180. The van der Waals surface area contributed by atoms with Crippen molar-refractivity contribution in [2.45, 2.75) is 76.9 Å². The van der Waals surface area contributed by atoms with E-state index in [9.17, 15) is 14.3 Å². The third-order valence-corrected chi connectivity index (χ3v) is 11.2. The highest BCUT2D eigenvalue weighted by molar-refractivity contribution is 6.01. The van der Waals surface area contributed by atoms with E-state index < -0.39 is 23.3 Å². The van der Waals surface area contributed by atoms with Gasteiger partial charge in [-0.05, 0) is 92.6 Å². The molecule has 2 aromatic carbocycles. The van der Waals surface area contributed by atoms with Gasteiger partial charge in [0.1, 0.15) is 41.4 Å². The van der Waals surface area contributed by atoms with Crippen molar-refractivity contribution in [2.75, 3.05) is 37.7 Å². The molecule has 1 N–H and O–H groups in total. The van der Waals surface area contributed by atoms with E-state index in [1.165, 1.54) is 29.1 Å². The van der Waals surface area contributed by atoms with Gasteiger partial charge in [-0.2, -0.15) is 15.1 Å². The van der Waals surface area contributed by atoms with E-state index in [0.29, 0.717) is 66.4 Å². The molecule has 6 heterocycles. The van der Waals surface area contributed by atoms with Crippen molar-refractivity contribution in [2.24, 2.45) is 5.92 Å². The number of phenols is 1. The number of hydrogen-bond donors (Lipinski definition) is 1. The Kier molecular flexibility index (Phi) is 9.01. The second-order valence-electron chi connectivity index (χ2n) is 14.6. The van der Waals surface area contributed by atoms with Crippen molar-refractivity contribution >= 4 is 33.4 Å². The first-order valence-electron chi connectivity index (χ1n) is 18.3. The van der Waals surface area contributed by atoms with E-state index in [0.717, 1.165) is 44.3 Å². The van der Waals surface area contributed by atoms with Gasteiger partial charge in [0.2, 0.25) is 5.91 Å². The van der Waals surface area contributed by atoms with Crippen molar-refractivity contribution < 1.29 is 27.8 Å². The van der Waals surface area contributed by atoms with Crippen LogP contribution in [0.4, 0.5) is 19.0 Å². The molecule has 3 aliphatic rings. The first-order chi connectivity index (χ1) is 25.1. The van der Waals surface area contributed by atoms with Crippen LogP contribution < -0.4 is 9.64 Å². The lowest BCUT2D eigenvalue weighted by Gasteiger charge is -2.31. The van der Waals surface area contributed by atoms with Crippen LogP contribution >= 0.6 is 0 Å². The number of aryl methyl sites for hydroxylation is 2. The summed E-state index contributed by atoms with van der Waals surface area (Å²) in [5.74, 6) is -1.19. The Morgan fingerprint density at radius 2 is 1.94 bits per heavy atom. The summed E-state index contributed by atoms with van der Waals surface area (Å²) in [4.78, 5) is 31.6. The fourth-order valence-corrected chi connectivity index (χ4v) is 8.64. The van der Waals surface area contributed by atoms with Crippen LogP contribution in [0.2, 0.25) is 0 Å². The molecule has 8 rings (SSSR count). The van der Waals surface area contributed by atoms with Gasteiger partial charge in [0.25, 0.3) is 0 Å². The van der Waals surface area contributed by atoms with Gasteiger partial charge in [-0.3, -0.25) is 14.7 Å². The number of fused-ring (bicyclic) bond motifs is 3. The molecule has 0 bridgehead atoms. The summed E-state index contributed by atoms with van der Waals surface area (Å²) in [6.45, 7) is 6.05. The molecule has 13 heteroatoms. The summed E-state index contributed by atoms with van der Waals surface area (Å²) >= 11 is 0. The second-order valence-corrected chi connectivity index (χ2v) is 14.6. The van der Waals surface area contributed by atoms with Gasteiger partial charge in [-0.15, -0.1) is 0 Å². The molecule has 3 saturated heterocycles. The van der Waals surface area contributed by atoms with E-state index >= 15 is 8.78 Å². The van der Waals surface area contributed by atoms with Crippen molar-refractivity contribution in [3.8, 4) is 23.0 Å². The smallest absolute Gasteiger partial charge is 0.319 e. The molecule has 0 aliphatic carbocycles. The quantitative estimate of drug-likeness (QED) is 0.188. The number of alkyl halides is 1. The Labute approximate surface area is 299 Å². The monoisotopic (exact) mass is 713 g/mol. The average Bonchev–Trinajstić information content (AvgIpc) is 3.81. The first-order valence-corrected chi connectivity index (χ1v) is 18.3. The SMILES string of the molecule is CCc1c(F)ccc2cc(O)cc(-c3ncc4c(N5CCCCC(C(=O)n6ccc(C)n6)CC5)nc(OC[C@@]56CCCN5C[C@H](F)C6)nc4c3F)c12. The minimum atomic E-state index is -0.944. The number of hydrogen-bond acceptors (Lipinski definition) is 9. The Balaban J connectivity index is 1.22. The second kappa shape index (κ2) is 13.6. The van der Waals surface area contributed by atoms with Gasteiger partial charge >= 0.3 is 6.01 Å². The number of rotatable bonds is 7. The summed E-state index contributed by atoms with van der Waals surface area (Å²) in [6.07, 6.45) is 7.53. The number of aromatic nitrogens is 5. The summed E-state index contributed by atoms with van der Waals surface area (Å²) in [5.41, 5.74) is 0.806. The van der Waals surface area contributed by atoms with Gasteiger partial charge in [-0.25, -0.2) is 17.9 Å². The molecule has 3 aliphatic heterocycles. The average molecular weight is 714 g/mol. The number of ether oxygens (including phenoxy) is 1. The number of anilines is 1. The fourth-order valence-electron chi connectivity index (χ4n) is 8.64. The maximum absolute atomic E-state index is 17.1. The molecule has 0 spiro atoms. The molecule has 3 fully saturated rings. The molecule has 3 aromatic heterocycles. The molecular formula is C39H42F3N7O3. The van der Waals surface area contributed by atoms with Crippen molar-refractivity contribution in [1.82, 2.24) is 29.6 Å². The number of carbonyl (C=O) groups excluding carboxylic acids is 1. The lowest BCUT2D eigenvalue weighted by molar-refractivity contribution is 0.0798. The molecule has 1 unspecified atom stereocenters. The minimum Gasteiger partial charge on any atom is -0.508 e. The maximum atomic E-state index is 17.1. The molecule has 5 aromatic rings. The molecule has 3 atom stereocenters. The van der Waals surface area contributed by atoms with Crippen molar-refractivity contribution in [3.63, 3.8) is 0 Å². The normalized spacial score (nSPS) is 22.5. The van der Waals surface area contributed by atoms with Gasteiger partial charge < -0.3 is 14.7 Å². The van der Waals surface area contributed by atoms with Crippen molar-refractivity contribution in [3.05, 3.63) is 65.6 Å². The zero-order valence-electron chi connectivity index (χ0n) is 29.4. The van der Waals surface area contributed by atoms with E-state index in [4.69, 9.17) is 9.72 Å². The van der Waals surface area contributed by atoms with E-state index in [1.54, 1.807) is 18.3 Å². The van der Waals surface area contributed by atoms with Gasteiger partial charge in [-0.1, -0.05) is 19.4 Å². The summed E-state index contributed by atoms with van der Waals surface area (Å²) in [7, 11) is 0. The van der Waals surface area contributed by atoms with Crippen LogP contribution in [-0.4, -0.2) is 85.1 Å². The topological polar surface area (TPSA) is 110 Å². The predicted octanol–water partition coefficient (Wildman–Crippen LogP) is 7.19. The number of carbonyl (C=O) groups is 1. The number of benzene rings is 2. The number of aromatic hydroxyl groups is 1. The van der Waals surface area contributed by atoms with E-state index in [1.807, 2.05) is 18.7 Å². The maximum Gasteiger partial charge on any atom is 0.319 e. The first kappa shape index (κ1) is 34.3. The molecule has 0 amide bonds. The Morgan fingerprint density at radius 3 is 2.75 bits per heavy atom. The van der Waals surface area contributed by atoms with Gasteiger partial charge in [0.05, 0.1) is 16.6 Å². The zero-order chi connectivity index (χ0) is 36.1. The number of phenolic OH excluding ortho intramolecular Hbond substituents is 1. The van der Waals surface area contributed by atoms with Crippen LogP contribution in [0.3, 0.4) is 0 Å². The summed E-state index contributed by atoms with van der Waals surface area (Å²) in [5, 5.41) is 16.4. The largest absolute Gasteiger partial charge is 0.508 e. The highest BCUT2D eigenvalue weighted by Crippen LogP contribution is 2.42. The third kappa shape index (κ3) is 6.12. The molecule has 0 radical (unpaired) electrons. The Morgan fingerprint density at radius 1 is 1.08 bits per heavy atom. The van der Waals surface area contributed by atoms with Crippen LogP contribution in [0, 0.1) is 24.5 Å². The number of pyridine rings is 1. The van der Waals surface area contributed by atoms with Gasteiger partial charge in [0.15, 0.2) is 5.82 Å². The highest BCUT2D eigenvalue weighted by atomic mass is 19.1. The lowest BCUT2D eigenvalue weighted by Crippen LogP contribution is -2.43. The summed E-state index contributed by atoms with van der Waals surface area (Å²) in [6, 6.07) is 7.59.